The van der Waals surface area contributed by atoms with Crippen LogP contribution in [0.15, 0.2) is 102 Å². The summed E-state index contributed by atoms with van der Waals surface area (Å²) in [6.45, 7) is 4.97. The van der Waals surface area contributed by atoms with Crippen molar-refractivity contribution in [1.82, 2.24) is 10.6 Å². The van der Waals surface area contributed by atoms with E-state index in [2.05, 4.69) is 29.7 Å². The molecule has 224 valence electrons. The molecule has 2 heterocycles. The lowest BCUT2D eigenvalue weighted by atomic mass is 9.91. The van der Waals surface area contributed by atoms with E-state index in [1.807, 2.05) is 79.7 Å². The molecule has 0 saturated carbocycles. The van der Waals surface area contributed by atoms with Gasteiger partial charge < -0.3 is 30.4 Å². The van der Waals surface area contributed by atoms with Gasteiger partial charge >= 0.3 is 6.03 Å². The van der Waals surface area contributed by atoms with Gasteiger partial charge in [0.05, 0.1) is 18.8 Å². The van der Waals surface area contributed by atoms with Gasteiger partial charge in [0.25, 0.3) is 5.03 Å². The Balaban J connectivity index is 1.39. The highest BCUT2D eigenvalue weighted by atomic mass is 32.2. The quantitative estimate of drug-likeness (QED) is 0.119. The Hall–Kier alpha value is -3.89. The Kier molecular flexibility index (Phi) is 10.3. The molecule has 5 rings (SSSR count). The summed E-state index contributed by atoms with van der Waals surface area (Å²) < 4.78 is 14.1. The predicted octanol–water partition coefficient (Wildman–Crippen LogP) is 5.88. The molecule has 0 aliphatic carbocycles. The molecule has 4 unspecified atom stereocenters. The highest BCUT2D eigenvalue weighted by molar-refractivity contribution is 7.99. The Labute approximate surface area is 256 Å². The lowest BCUT2D eigenvalue weighted by molar-refractivity contribution is -0.645. The van der Waals surface area contributed by atoms with Crippen molar-refractivity contribution in [3.8, 4) is 11.1 Å². The van der Waals surface area contributed by atoms with Gasteiger partial charge in [-0.1, -0.05) is 79.3 Å². The summed E-state index contributed by atoms with van der Waals surface area (Å²) >= 11 is 1.47. The number of aromatic nitrogens is 1. The van der Waals surface area contributed by atoms with E-state index in [0.29, 0.717) is 23.9 Å². The van der Waals surface area contributed by atoms with Crippen molar-refractivity contribution in [1.29, 1.82) is 0 Å². The molecule has 43 heavy (non-hydrogen) atoms. The third kappa shape index (κ3) is 7.74. The van der Waals surface area contributed by atoms with Gasteiger partial charge in [0.2, 0.25) is 0 Å². The summed E-state index contributed by atoms with van der Waals surface area (Å²) in [6.07, 6.45) is 0.432. The highest BCUT2D eigenvalue weighted by Crippen LogP contribution is 2.43. The van der Waals surface area contributed by atoms with E-state index in [9.17, 15) is 15.1 Å². The van der Waals surface area contributed by atoms with Crippen molar-refractivity contribution in [2.45, 2.75) is 50.5 Å². The number of aliphatic hydroxyl groups excluding tert-OH is 1. The van der Waals surface area contributed by atoms with Gasteiger partial charge in [-0.25, -0.2) is 4.79 Å². The number of thioether (sulfide) groups is 1. The van der Waals surface area contributed by atoms with E-state index in [1.54, 1.807) is 6.07 Å². The van der Waals surface area contributed by atoms with Gasteiger partial charge in [-0.3, -0.25) is 0 Å². The van der Waals surface area contributed by atoms with Gasteiger partial charge in [0, 0.05) is 42.5 Å². The number of carbonyl (C=O) groups excluding carboxylic acids is 1. The molecule has 1 aliphatic heterocycles. The van der Waals surface area contributed by atoms with Crippen LogP contribution in [0.1, 0.15) is 48.5 Å². The second kappa shape index (κ2) is 14.5. The minimum absolute atomic E-state index is 0.00446. The molecule has 4 aromatic rings. The number of hydrogen-bond acceptors (Lipinski definition) is 6. The van der Waals surface area contributed by atoms with Crippen LogP contribution in [-0.2, 0) is 22.6 Å². The zero-order chi connectivity index (χ0) is 30.2. The number of aliphatic hydroxyl groups is 1. The molecule has 0 bridgehead atoms. The van der Waals surface area contributed by atoms with Crippen molar-refractivity contribution in [3.05, 3.63) is 125 Å². The number of urea groups is 1. The first kappa shape index (κ1) is 30.6. The molecular formula is C34H37N3O5S. The standard InChI is InChI=1S/C34H37N3O5S/c1-3-35-34(39)36-20-25-8-6-9-27(18-25)28-10-7-11-29(19-28)33-41-30(22-43-31-12-4-5-17-37(31)40)23(2)32(42-33)26-15-13-24(21-38)14-16-26/h4-19,23,30,32-33,38H,3,20-22H2,1-2H3,(H2,35,36,39). The molecule has 1 saturated heterocycles. The first-order valence-electron chi connectivity index (χ1n) is 14.5. The summed E-state index contributed by atoms with van der Waals surface area (Å²) in [5.74, 6) is 0.587. The number of nitrogens with zero attached hydrogens (tertiary/aromatic N) is 1. The largest absolute Gasteiger partial charge is 0.618 e. The molecule has 1 fully saturated rings. The van der Waals surface area contributed by atoms with Gasteiger partial charge in [-0.15, -0.1) is 0 Å². The second-order valence-electron chi connectivity index (χ2n) is 10.5. The van der Waals surface area contributed by atoms with Crippen molar-refractivity contribution in [2.24, 2.45) is 5.92 Å². The lowest BCUT2D eigenvalue weighted by Gasteiger charge is -2.41. The Bertz CT molecular complexity index is 1520. The first-order valence-corrected chi connectivity index (χ1v) is 15.5. The Morgan fingerprint density at radius 3 is 2.42 bits per heavy atom. The summed E-state index contributed by atoms with van der Waals surface area (Å²) in [5.41, 5.74) is 5.76. The van der Waals surface area contributed by atoms with Gasteiger partial charge in [0.15, 0.2) is 12.5 Å². The average molecular weight is 600 g/mol. The van der Waals surface area contributed by atoms with Crippen molar-refractivity contribution >= 4 is 17.8 Å². The summed E-state index contributed by atoms with van der Waals surface area (Å²) in [5, 5.41) is 28.1. The van der Waals surface area contributed by atoms with E-state index in [0.717, 1.165) is 38.1 Å². The Morgan fingerprint density at radius 1 is 0.907 bits per heavy atom. The normalized spacial score (nSPS) is 20.0. The number of pyridine rings is 1. The topological polar surface area (TPSA) is 107 Å². The zero-order valence-corrected chi connectivity index (χ0v) is 25.1. The van der Waals surface area contributed by atoms with Gasteiger partial charge in [-0.2, -0.15) is 4.73 Å². The number of benzene rings is 3. The molecule has 4 atom stereocenters. The van der Waals surface area contributed by atoms with Gasteiger partial charge in [-0.05, 0) is 52.9 Å². The average Bonchev–Trinajstić information content (AvgIpc) is 3.04. The van der Waals surface area contributed by atoms with Crippen LogP contribution in [-0.4, -0.2) is 29.5 Å². The third-order valence-electron chi connectivity index (χ3n) is 7.52. The summed E-state index contributed by atoms with van der Waals surface area (Å²) in [6, 6.07) is 29.2. The monoisotopic (exact) mass is 599 g/mol. The smallest absolute Gasteiger partial charge is 0.315 e. The van der Waals surface area contributed by atoms with E-state index in [-0.39, 0.29) is 30.8 Å². The maximum absolute atomic E-state index is 12.3. The minimum Gasteiger partial charge on any atom is -0.618 e. The molecule has 8 nitrogen and oxygen atoms in total. The molecule has 3 N–H and O–H groups in total. The van der Waals surface area contributed by atoms with Crippen molar-refractivity contribution in [2.75, 3.05) is 12.3 Å². The Morgan fingerprint density at radius 2 is 1.67 bits per heavy atom. The van der Waals surface area contributed by atoms with Crippen LogP contribution in [0.25, 0.3) is 11.1 Å². The van der Waals surface area contributed by atoms with Crippen LogP contribution >= 0.6 is 11.8 Å². The number of hydrogen-bond donors (Lipinski definition) is 3. The van der Waals surface area contributed by atoms with Crippen LogP contribution in [0.2, 0.25) is 0 Å². The number of nitrogens with one attached hydrogen (secondary N) is 2. The molecule has 9 heteroatoms. The fraction of sp³-hybridized carbons (Fsp3) is 0.294. The summed E-state index contributed by atoms with van der Waals surface area (Å²) in [7, 11) is 0. The molecule has 1 aromatic heterocycles. The van der Waals surface area contributed by atoms with E-state index >= 15 is 0 Å². The first-order chi connectivity index (χ1) is 20.9. The molecule has 1 aliphatic rings. The number of carbonyl (C=O) groups is 1. The molecular weight excluding hydrogens is 562 g/mol. The molecule has 2 amide bonds. The molecule has 0 radical (unpaired) electrons. The summed E-state index contributed by atoms with van der Waals surface area (Å²) in [4.78, 5) is 11.9. The second-order valence-corrected chi connectivity index (χ2v) is 11.6. The van der Waals surface area contributed by atoms with Crippen LogP contribution in [0, 0.1) is 11.1 Å². The van der Waals surface area contributed by atoms with E-state index in [4.69, 9.17) is 9.47 Å². The van der Waals surface area contributed by atoms with Crippen molar-refractivity contribution < 1.29 is 24.1 Å². The number of rotatable bonds is 10. The number of amides is 2. The fourth-order valence-corrected chi connectivity index (χ4v) is 6.21. The lowest BCUT2D eigenvalue weighted by Crippen LogP contribution is -2.39. The fourth-order valence-electron chi connectivity index (χ4n) is 5.13. The molecule has 3 aromatic carbocycles. The van der Waals surface area contributed by atoms with Crippen LogP contribution in [0.4, 0.5) is 4.79 Å². The number of ether oxygens (including phenoxy) is 2. The van der Waals surface area contributed by atoms with Crippen LogP contribution in [0.5, 0.6) is 0 Å². The maximum atomic E-state index is 12.3. The van der Waals surface area contributed by atoms with E-state index < -0.39 is 6.29 Å². The predicted molar refractivity (Wildman–Crippen MR) is 167 cm³/mol. The zero-order valence-electron chi connectivity index (χ0n) is 24.3. The van der Waals surface area contributed by atoms with Crippen molar-refractivity contribution in [3.63, 3.8) is 0 Å². The van der Waals surface area contributed by atoms with E-state index in [1.165, 1.54) is 18.0 Å². The molecule has 0 spiro atoms. The minimum atomic E-state index is -0.623. The SMILES string of the molecule is CCNC(=O)NCc1cccc(-c2cccc(C3OC(CSc4cccc[n+]4[O-])C(C)C(c4ccc(CO)cc4)O3)c2)c1. The third-order valence-corrected chi connectivity index (χ3v) is 8.62. The maximum Gasteiger partial charge on any atom is 0.315 e. The van der Waals surface area contributed by atoms with Crippen LogP contribution < -0.4 is 15.4 Å². The highest BCUT2D eigenvalue weighted by Gasteiger charge is 2.38. The van der Waals surface area contributed by atoms with Gasteiger partial charge in [0.1, 0.15) is 0 Å². The van der Waals surface area contributed by atoms with Crippen LogP contribution in [0.3, 0.4) is 0 Å².